The van der Waals surface area contributed by atoms with Gasteiger partial charge in [-0.25, -0.2) is 0 Å². The van der Waals surface area contributed by atoms with Gasteiger partial charge < -0.3 is 13.3 Å². The van der Waals surface area contributed by atoms with Gasteiger partial charge in [0.2, 0.25) is 0 Å². The average Bonchev–Trinajstić information content (AvgIpc) is 1.15. The van der Waals surface area contributed by atoms with Crippen molar-refractivity contribution < 1.29 is 13.3 Å². The summed E-state index contributed by atoms with van der Waals surface area (Å²) in [4.78, 5) is 0. The molecule has 3 heterocycles. The predicted octanol–water partition coefficient (Wildman–Crippen LogP) is 41.1. The van der Waals surface area contributed by atoms with Crippen molar-refractivity contribution in [2.45, 2.75) is 0 Å². The molecule has 0 saturated heterocycles. The Morgan fingerprint density at radius 1 is 0.0952 bits per heavy atom. The van der Waals surface area contributed by atoms with Crippen LogP contribution >= 0.6 is 0 Å². The molecule has 0 atom stereocenters. The number of para-hydroxylation sites is 3. The van der Waals surface area contributed by atoms with E-state index in [2.05, 4.69) is 510 Å². The highest BCUT2D eigenvalue weighted by Gasteiger charge is 2.28. The molecular weight excluding hydrogens is 1780 g/mol. The van der Waals surface area contributed by atoms with E-state index in [4.69, 9.17) is 13.3 Å². The number of hydrogen-bond acceptors (Lipinski definition) is 3. The fraction of sp³-hybridized carbons (Fsp3) is 0. The van der Waals surface area contributed by atoms with E-state index in [0.29, 0.717) is 0 Å². The molecule has 0 aliphatic rings. The monoisotopic (exact) mass is 1870 g/mol. The van der Waals surface area contributed by atoms with Crippen LogP contribution < -0.4 is 0 Å². The van der Waals surface area contributed by atoms with E-state index < -0.39 is 0 Å². The molecule has 30 rings (SSSR count). The number of rotatable bonds is 12. The largest absolute Gasteiger partial charge is 0.456 e. The molecular formula is C144H90O3. The molecule has 0 aliphatic carbocycles. The van der Waals surface area contributed by atoms with Crippen molar-refractivity contribution in [2.75, 3.05) is 0 Å². The van der Waals surface area contributed by atoms with Crippen LogP contribution in [0.25, 0.3) is 296 Å². The Hall–Kier alpha value is -19.3. The van der Waals surface area contributed by atoms with Gasteiger partial charge in [0.25, 0.3) is 0 Å². The number of fused-ring (bicyclic) bond motifs is 18. The zero-order chi connectivity index (χ0) is 96.9. The first-order valence-corrected chi connectivity index (χ1v) is 50.5. The summed E-state index contributed by atoms with van der Waals surface area (Å²) >= 11 is 0. The molecule has 0 N–H and O–H groups in total. The minimum atomic E-state index is 0.907. The van der Waals surface area contributed by atoms with Gasteiger partial charge >= 0.3 is 0 Å². The van der Waals surface area contributed by atoms with Gasteiger partial charge in [-0.15, -0.1) is 0 Å². The first kappa shape index (κ1) is 85.6. The van der Waals surface area contributed by atoms with Crippen LogP contribution in [0.5, 0.6) is 0 Å². The molecule has 147 heavy (non-hydrogen) atoms. The molecule has 0 amide bonds. The fourth-order valence-electron chi connectivity index (χ4n) is 23.6. The van der Waals surface area contributed by atoms with Crippen LogP contribution in [-0.2, 0) is 0 Å². The molecule has 0 bridgehead atoms. The highest BCUT2D eigenvalue weighted by atomic mass is 16.3. The molecule has 0 aliphatic heterocycles. The lowest BCUT2D eigenvalue weighted by Crippen LogP contribution is -1.94. The summed E-state index contributed by atoms with van der Waals surface area (Å²) in [6, 6.07) is 198. The minimum Gasteiger partial charge on any atom is -0.456 e. The van der Waals surface area contributed by atoms with E-state index in [-0.39, 0.29) is 0 Å². The van der Waals surface area contributed by atoms with E-state index >= 15 is 0 Å². The van der Waals surface area contributed by atoms with E-state index in [1.54, 1.807) is 0 Å². The molecule has 3 heteroatoms. The van der Waals surface area contributed by atoms with Crippen molar-refractivity contribution in [3.8, 4) is 134 Å². The lowest BCUT2D eigenvalue weighted by Gasteiger charge is -2.21. The standard InChI is InChI=1S/3C48H30O/c1-3-14-31(15-4-1)35-28-33-18-13-24-36(32-16-5-2-6-17-32)46(33)43(29-35)48-41-22-9-7-20-39(41)47(40-21-8-10-23-42(40)48)34-26-27-38-37-19-11-12-25-44(37)49-45(38)30-34;1-3-13-31(14-4-1)33-23-26-37-34(29-33)24-27-36(32-15-5-2-6-16-32)47(37)48-42-20-9-7-18-40(42)46(41-19-8-10-21-43(41)48)35-25-28-39-38-17-11-12-22-44(38)49-45(39)30-35;1-3-13-31(14-4-1)34-24-23-33-25-27-36(32-15-5-2-6-16-32)47(43(33)29-34)48-41-20-9-7-18-39(41)46(40-19-8-10-21-42(40)48)35-26-28-38-37-17-11-12-22-44(37)49-45(38)30-35/h3*1-30H. The number of hydrogen-bond donors (Lipinski definition) is 0. The van der Waals surface area contributed by atoms with Gasteiger partial charge in [0, 0.05) is 32.3 Å². The lowest BCUT2D eigenvalue weighted by molar-refractivity contribution is 0.668. The highest BCUT2D eigenvalue weighted by molar-refractivity contribution is 6.30. The van der Waals surface area contributed by atoms with Gasteiger partial charge in [-0.1, -0.05) is 467 Å². The average molecular weight is 1870 g/mol. The lowest BCUT2D eigenvalue weighted by atomic mass is 9.81. The maximum absolute atomic E-state index is 6.39. The summed E-state index contributed by atoms with van der Waals surface area (Å²) in [5, 5.41) is 29.0. The highest BCUT2D eigenvalue weighted by Crippen LogP contribution is 2.55. The quantitative estimate of drug-likeness (QED) is 0.114. The summed E-state index contributed by atoms with van der Waals surface area (Å²) in [5.41, 5.74) is 34.7. The van der Waals surface area contributed by atoms with Crippen LogP contribution in [0.3, 0.4) is 0 Å². The number of furan rings is 3. The van der Waals surface area contributed by atoms with Gasteiger partial charge in [-0.2, -0.15) is 0 Å². The zero-order valence-corrected chi connectivity index (χ0v) is 80.2. The van der Waals surface area contributed by atoms with Crippen LogP contribution in [0, 0.1) is 0 Å². The van der Waals surface area contributed by atoms with Gasteiger partial charge in [-0.3, -0.25) is 0 Å². The summed E-state index contributed by atoms with van der Waals surface area (Å²) in [5.74, 6) is 0. The molecule has 30 aromatic rings. The summed E-state index contributed by atoms with van der Waals surface area (Å²) in [6.07, 6.45) is 0. The fourth-order valence-corrected chi connectivity index (χ4v) is 23.6. The van der Waals surface area contributed by atoms with Gasteiger partial charge in [0.1, 0.15) is 33.5 Å². The third-order valence-corrected chi connectivity index (χ3v) is 30.2. The Kier molecular flexibility index (Phi) is 21.0. The van der Waals surface area contributed by atoms with Crippen LogP contribution in [-0.4, -0.2) is 0 Å². The predicted molar refractivity (Wildman–Crippen MR) is 624 cm³/mol. The zero-order valence-electron chi connectivity index (χ0n) is 80.2. The van der Waals surface area contributed by atoms with Crippen molar-refractivity contribution >= 4 is 163 Å². The van der Waals surface area contributed by atoms with E-state index in [0.717, 1.165) is 82.5 Å². The first-order chi connectivity index (χ1) is 72.9. The van der Waals surface area contributed by atoms with E-state index in [9.17, 15) is 0 Å². The van der Waals surface area contributed by atoms with Gasteiger partial charge in [-0.05, 0) is 309 Å². The molecule has 27 aromatic carbocycles. The van der Waals surface area contributed by atoms with Crippen molar-refractivity contribution in [1.82, 2.24) is 0 Å². The molecule has 0 radical (unpaired) electrons. The second-order valence-corrected chi connectivity index (χ2v) is 38.4. The van der Waals surface area contributed by atoms with Gasteiger partial charge in [0.05, 0.1) is 0 Å². The summed E-state index contributed by atoms with van der Waals surface area (Å²) in [6.45, 7) is 0. The van der Waals surface area contributed by atoms with Crippen molar-refractivity contribution in [1.29, 1.82) is 0 Å². The first-order valence-electron chi connectivity index (χ1n) is 50.5. The SMILES string of the molecule is c1ccc(-c2cc(-c3c4ccccc4c(-c4ccc5c(c4)oc4ccccc45)c4ccccc34)c3c(-c4ccccc4)cccc3c2)cc1.c1ccc(-c2ccc3c(-c4c5ccccc5c(-c5ccc6c(c5)oc5ccccc56)c5ccccc45)c(-c4ccccc4)ccc3c2)cc1.c1ccc(-c2ccc3ccc(-c4ccccc4)c(-c4c5ccccc5c(-c5ccc6c(c5)oc5ccccc56)c5ccccc45)c3c2)cc1. The molecule has 0 saturated carbocycles. The van der Waals surface area contributed by atoms with E-state index in [1.165, 1.54) is 214 Å². The normalized spacial score (nSPS) is 11.7. The molecule has 3 nitrogen and oxygen atoms in total. The molecule has 0 unspecified atom stereocenters. The third kappa shape index (κ3) is 14.8. The van der Waals surface area contributed by atoms with Crippen LogP contribution in [0.4, 0.5) is 0 Å². The number of benzene rings is 27. The Morgan fingerprint density at radius 2 is 0.361 bits per heavy atom. The Morgan fingerprint density at radius 3 is 0.741 bits per heavy atom. The summed E-state index contributed by atoms with van der Waals surface area (Å²) in [7, 11) is 0. The maximum atomic E-state index is 6.39. The molecule has 3 aromatic heterocycles. The molecule has 0 spiro atoms. The topological polar surface area (TPSA) is 39.4 Å². The van der Waals surface area contributed by atoms with Crippen molar-refractivity contribution in [3.63, 3.8) is 0 Å². The van der Waals surface area contributed by atoms with Crippen LogP contribution in [0.2, 0.25) is 0 Å². The second-order valence-electron chi connectivity index (χ2n) is 38.4. The van der Waals surface area contributed by atoms with E-state index in [1.807, 2.05) is 36.4 Å². The van der Waals surface area contributed by atoms with Gasteiger partial charge in [0.15, 0.2) is 0 Å². The van der Waals surface area contributed by atoms with Crippen LogP contribution in [0.15, 0.2) is 559 Å². The minimum absolute atomic E-state index is 0.907. The maximum Gasteiger partial charge on any atom is 0.136 e. The Labute approximate surface area is 849 Å². The smallest absolute Gasteiger partial charge is 0.136 e. The Bertz CT molecular complexity index is 10300. The molecule has 0 fully saturated rings. The Balaban J connectivity index is 0.000000107. The molecule has 684 valence electrons. The summed E-state index contributed by atoms with van der Waals surface area (Å²) < 4.78 is 19.2. The van der Waals surface area contributed by atoms with Crippen molar-refractivity contribution in [2.24, 2.45) is 0 Å². The van der Waals surface area contributed by atoms with Crippen LogP contribution in [0.1, 0.15) is 0 Å². The third-order valence-electron chi connectivity index (χ3n) is 30.2. The van der Waals surface area contributed by atoms with Crippen molar-refractivity contribution in [3.05, 3.63) is 546 Å². The second kappa shape index (κ2) is 36.0.